The van der Waals surface area contributed by atoms with E-state index in [0.717, 1.165) is 18.2 Å². The van der Waals surface area contributed by atoms with Gasteiger partial charge in [0.05, 0.1) is 11.8 Å². The number of fused-ring (bicyclic) bond motifs is 1. The highest BCUT2D eigenvalue weighted by atomic mass is 19.3. The number of nitrogens with one attached hydrogen (secondary N) is 2. The fraction of sp³-hybridized carbons (Fsp3) is 0.412. The number of carbonyl (C=O) groups excluding carboxylic acids is 1. The Morgan fingerprint density at radius 3 is 2.87 bits per heavy atom. The number of aromatic amines is 1. The Hall–Kier alpha value is -2.24. The normalized spacial score (nSPS) is 19.0. The Labute approximate surface area is 133 Å². The van der Waals surface area contributed by atoms with Crippen LogP contribution in [0.25, 0.3) is 0 Å². The van der Waals surface area contributed by atoms with Gasteiger partial charge in [0, 0.05) is 5.69 Å². The van der Waals surface area contributed by atoms with Crippen LogP contribution >= 0.6 is 0 Å². The summed E-state index contributed by atoms with van der Waals surface area (Å²) < 4.78 is 25.8. The lowest BCUT2D eigenvalue weighted by Crippen LogP contribution is -2.16. The highest BCUT2D eigenvalue weighted by molar-refractivity contribution is 6.05. The van der Waals surface area contributed by atoms with Gasteiger partial charge in [-0.2, -0.15) is 5.10 Å². The number of halogens is 2. The maximum absolute atomic E-state index is 12.9. The van der Waals surface area contributed by atoms with Gasteiger partial charge in [-0.1, -0.05) is 32.9 Å². The van der Waals surface area contributed by atoms with Crippen molar-refractivity contribution < 1.29 is 13.6 Å². The van der Waals surface area contributed by atoms with Gasteiger partial charge in [-0.05, 0) is 34.9 Å². The predicted octanol–water partition coefficient (Wildman–Crippen LogP) is 4.38. The molecule has 6 heteroatoms. The molecule has 0 aliphatic heterocycles. The molecule has 0 spiro atoms. The number of aromatic nitrogens is 2. The largest absolute Gasteiger partial charge is 0.322 e. The van der Waals surface area contributed by atoms with Gasteiger partial charge in [0.1, 0.15) is 5.69 Å². The first-order chi connectivity index (χ1) is 10.8. The SMILES string of the molecule is C[C@@H]1CC(C)(C)c2cccc(NC(=O)c3cn[nH]c3C(F)F)c21. The van der Waals surface area contributed by atoms with Crippen molar-refractivity contribution in [2.24, 2.45) is 0 Å². The number of anilines is 1. The summed E-state index contributed by atoms with van der Waals surface area (Å²) in [5.74, 6) is -0.269. The minimum Gasteiger partial charge on any atom is -0.322 e. The van der Waals surface area contributed by atoms with Crippen molar-refractivity contribution in [3.63, 3.8) is 0 Å². The lowest BCUT2D eigenvalue weighted by atomic mass is 9.86. The van der Waals surface area contributed by atoms with Gasteiger partial charge >= 0.3 is 0 Å². The molecule has 2 aromatic rings. The third-order valence-corrected chi connectivity index (χ3v) is 4.52. The first-order valence-electron chi connectivity index (χ1n) is 7.57. The topological polar surface area (TPSA) is 57.8 Å². The quantitative estimate of drug-likeness (QED) is 0.882. The van der Waals surface area contributed by atoms with Gasteiger partial charge in [-0.3, -0.25) is 9.89 Å². The van der Waals surface area contributed by atoms with E-state index in [9.17, 15) is 13.6 Å². The molecule has 0 saturated carbocycles. The minimum atomic E-state index is -2.77. The highest BCUT2D eigenvalue weighted by Gasteiger charge is 2.36. The molecule has 0 fully saturated rings. The van der Waals surface area contributed by atoms with E-state index in [1.165, 1.54) is 5.56 Å². The maximum atomic E-state index is 12.9. The lowest BCUT2D eigenvalue weighted by Gasteiger charge is -2.19. The first kappa shape index (κ1) is 15.6. The molecule has 1 amide bonds. The summed E-state index contributed by atoms with van der Waals surface area (Å²) in [6.45, 7) is 6.46. The van der Waals surface area contributed by atoms with Crippen LogP contribution in [0.1, 0.15) is 66.7 Å². The van der Waals surface area contributed by atoms with E-state index < -0.39 is 18.0 Å². The van der Waals surface area contributed by atoms with Crippen LogP contribution in [0.5, 0.6) is 0 Å². The van der Waals surface area contributed by atoms with Crippen LogP contribution < -0.4 is 5.32 Å². The summed E-state index contributed by atoms with van der Waals surface area (Å²) in [6, 6.07) is 5.77. The van der Waals surface area contributed by atoms with Crippen molar-refractivity contribution in [2.45, 2.75) is 45.0 Å². The Bertz CT molecular complexity index is 752. The van der Waals surface area contributed by atoms with Crippen LogP contribution in [0.2, 0.25) is 0 Å². The number of rotatable bonds is 3. The fourth-order valence-corrected chi connectivity index (χ4v) is 3.61. The van der Waals surface area contributed by atoms with Crippen molar-refractivity contribution >= 4 is 11.6 Å². The molecule has 1 aromatic carbocycles. The molecule has 1 aromatic heterocycles. The second-order valence-corrected chi connectivity index (χ2v) is 6.71. The summed E-state index contributed by atoms with van der Waals surface area (Å²) in [4.78, 5) is 12.4. The lowest BCUT2D eigenvalue weighted by molar-refractivity contribution is 0.101. The average molecular weight is 319 g/mol. The molecule has 2 N–H and O–H groups in total. The molecular weight excluding hydrogens is 300 g/mol. The smallest absolute Gasteiger partial charge is 0.280 e. The van der Waals surface area contributed by atoms with E-state index in [1.54, 1.807) is 0 Å². The van der Waals surface area contributed by atoms with Crippen LogP contribution in [0.4, 0.5) is 14.5 Å². The Balaban J connectivity index is 1.95. The Morgan fingerprint density at radius 1 is 1.43 bits per heavy atom. The minimum absolute atomic E-state index is 0.0409. The number of H-pyrrole nitrogens is 1. The van der Waals surface area contributed by atoms with Crippen LogP contribution in [0.15, 0.2) is 24.4 Å². The van der Waals surface area contributed by atoms with Crippen LogP contribution in [0, 0.1) is 0 Å². The van der Waals surface area contributed by atoms with E-state index in [1.807, 2.05) is 12.1 Å². The maximum Gasteiger partial charge on any atom is 0.280 e. The third kappa shape index (κ3) is 2.62. The number of nitrogens with zero attached hydrogens (tertiary/aromatic N) is 1. The van der Waals surface area contributed by atoms with Gasteiger partial charge in [0.2, 0.25) is 0 Å². The van der Waals surface area contributed by atoms with Gasteiger partial charge in [-0.25, -0.2) is 8.78 Å². The molecule has 1 aliphatic carbocycles. The molecule has 1 aliphatic rings. The fourth-order valence-electron chi connectivity index (χ4n) is 3.61. The van der Waals surface area contributed by atoms with Crippen molar-refractivity contribution in [3.8, 4) is 0 Å². The van der Waals surface area contributed by atoms with Gasteiger partial charge in [0.15, 0.2) is 0 Å². The number of amides is 1. The molecule has 23 heavy (non-hydrogen) atoms. The third-order valence-electron chi connectivity index (χ3n) is 4.52. The van der Waals surface area contributed by atoms with E-state index >= 15 is 0 Å². The Kier molecular flexibility index (Phi) is 3.70. The molecule has 1 atom stereocenters. The van der Waals surface area contributed by atoms with E-state index in [2.05, 4.69) is 42.4 Å². The molecule has 122 valence electrons. The van der Waals surface area contributed by atoms with Crippen molar-refractivity contribution in [1.29, 1.82) is 0 Å². The average Bonchev–Trinajstić information content (AvgIpc) is 3.03. The molecular formula is C17H19F2N3O. The second-order valence-electron chi connectivity index (χ2n) is 6.71. The highest BCUT2D eigenvalue weighted by Crippen LogP contribution is 2.48. The summed E-state index contributed by atoms with van der Waals surface area (Å²) in [7, 11) is 0. The second kappa shape index (κ2) is 5.44. The molecule has 0 unspecified atom stereocenters. The number of benzene rings is 1. The van der Waals surface area contributed by atoms with Crippen molar-refractivity contribution in [1.82, 2.24) is 10.2 Å². The molecule has 3 rings (SSSR count). The van der Waals surface area contributed by atoms with Crippen molar-refractivity contribution in [2.75, 3.05) is 5.32 Å². The number of hydrogen-bond donors (Lipinski definition) is 2. The zero-order valence-corrected chi connectivity index (χ0v) is 13.3. The zero-order valence-electron chi connectivity index (χ0n) is 13.3. The summed E-state index contributed by atoms with van der Waals surface area (Å²) >= 11 is 0. The molecule has 0 bridgehead atoms. The molecule has 0 radical (unpaired) electrons. The Morgan fingerprint density at radius 2 is 2.17 bits per heavy atom. The molecule has 0 saturated heterocycles. The summed E-state index contributed by atoms with van der Waals surface area (Å²) in [5.41, 5.74) is 2.44. The zero-order chi connectivity index (χ0) is 16.8. The summed E-state index contributed by atoms with van der Waals surface area (Å²) in [6.07, 6.45) is -0.645. The molecule has 4 nitrogen and oxygen atoms in total. The first-order valence-corrected chi connectivity index (χ1v) is 7.57. The standard InChI is InChI=1S/C17H19F2N3O/c1-9-7-17(2,3)11-5-4-6-12(13(9)11)21-16(23)10-8-20-22-14(10)15(18)19/h4-6,8-9,15H,7H2,1-3H3,(H,20,22)(H,21,23)/t9-/m1/s1. The van der Waals surface area contributed by atoms with Crippen LogP contribution in [0.3, 0.4) is 0 Å². The predicted molar refractivity (Wildman–Crippen MR) is 84.0 cm³/mol. The van der Waals surface area contributed by atoms with E-state index in [-0.39, 0.29) is 11.0 Å². The summed E-state index contributed by atoms with van der Waals surface area (Å²) in [5, 5.41) is 8.51. The number of carbonyl (C=O) groups is 1. The van der Waals surface area contributed by atoms with Crippen LogP contribution in [-0.2, 0) is 5.41 Å². The number of hydrogen-bond acceptors (Lipinski definition) is 2. The molecule has 1 heterocycles. The number of alkyl halides is 2. The monoisotopic (exact) mass is 319 g/mol. The van der Waals surface area contributed by atoms with Crippen LogP contribution in [-0.4, -0.2) is 16.1 Å². The van der Waals surface area contributed by atoms with E-state index in [4.69, 9.17) is 0 Å². The van der Waals surface area contributed by atoms with Gasteiger partial charge < -0.3 is 5.32 Å². The van der Waals surface area contributed by atoms with Gasteiger partial charge in [0.25, 0.3) is 12.3 Å². The van der Waals surface area contributed by atoms with Gasteiger partial charge in [-0.15, -0.1) is 0 Å². The van der Waals surface area contributed by atoms with E-state index in [0.29, 0.717) is 11.6 Å². The van der Waals surface area contributed by atoms with Crippen molar-refractivity contribution in [3.05, 3.63) is 46.8 Å².